The summed E-state index contributed by atoms with van der Waals surface area (Å²) in [5.74, 6) is 0.789. The van der Waals surface area contributed by atoms with Gasteiger partial charge in [0.15, 0.2) is 0 Å². The Bertz CT molecular complexity index is 392. The van der Waals surface area contributed by atoms with Gasteiger partial charge in [0.1, 0.15) is 12.4 Å². The van der Waals surface area contributed by atoms with Gasteiger partial charge in [0.05, 0.1) is 19.2 Å². The van der Waals surface area contributed by atoms with E-state index in [9.17, 15) is 4.79 Å². The zero-order chi connectivity index (χ0) is 14.3. The van der Waals surface area contributed by atoms with Crippen LogP contribution in [0.15, 0.2) is 24.3 Å². The summed E-state index contributed by atoms with van der Waals surface area (Å²) < 4.78 is 5.50. The molecule has 106 valence electrons. The van der Waals surface area contributed by atoms with E-state index >= 15 is 0 Å². The Labute approximate surface area is 114 Å². The Morgan fingerprint density at radius 2 is 2.05 bits per heavy atom. The molecule has 1 unspecified atom stereocenters. The monoisotopic (exact) mass is 266 g/mol. The minimum Gasteiger partial charge on any atom is -0.492 e. The lowest BCUT2D eigenvalue weighted by Crippen LogP contribution is -2.44. The van der Waals surface area contributed by atoms with Gasteiger partial charge in [0, 0.05) is 7.05 Å². The summed E-state index contributed by atoms with van der Waals surface area (Å²) in [6.45, 7) is 4.58. The molecule has 2 amide bonds. The van der Waals surface area contributed by atoms with Crippen molar-refractivity contribution in [3.05, 3.63) is 29.8 Å². The van der Waals surface area contributed by atoms with Crippen LogP contribution in [0.2, 0.25) is 0 Å². The number of nitrogens with zero attached hydrogens (tertiary/aromatic N) is 1. The molecule has 0 aliphatic heterocycles. The van der Waals surface area contributed by atoms with Crippen molar-refractivity contribution in [3.8, 4) is 5.75 Å². The number of aliphatic hydroxyl groups is 1. The second-order valence-electron chi connectivity index (χ2n) is 4.54. The molecule has 0 aromatic heterocycles. The van der Waals surface area contributed by atoms with Crippen molar-refractivity contribution in [2.75, 3.05) is 26.8 Å². The number of urea groups is 1. The van der Waals surface area contributed by atoms with E-state index in [0.29, 0.717) is 13.2 Å². The molecule has 0 saturated carbocycles. The summed E-state index contributed by atoms with van der Waals surface area (Å²) in [5.41, 5.74) is 1.18. The van der Waals surface area contributed by atoms with Crippen molar-refractivity contribution < 1.29 is 14.6 Å². The second-order valence-corrected chi connectivity index (χ2v) is 4.54. The standard InChI is InChI=1S/C14H22N2O3/c1-11-4-6-13(7-5-11)19-9-8-15-14(18)16(3)12(2)10-17/h4-7,12,17H,8-10H2,1-3H3,(H,15,18). The van der Waals surface area contributed by atoms with Crippen LogP contribution in [0.4, 0.5) is 4.79 Å². The molecular formula is C14H22N2O3. The van der Waals surface area contributed by atoms with E-state index in [1.165, 1.54) is 10.5 Å². The highest BCUT2D eigenvalue weighted by atomic mass is 16.5. The molecule has 0 bridgehead atoms. The van der Waals surface area contributed by atoms with Crippen molar-refractivity contribution in [3.63, 3.8) is 0 Å². The normalized spacial score (nSPS) is 11.8. The zero-order valence-electron chi connectivity index (χ0n) is 11.7. The molecule has 19 heavy (non-hydrogen) atoms. The first kappa shape index (κ1) is 15.3. The highest BCUT2D eigenvalue weighted by Gasteiger charge is 2.13. The van der Waals surface area contributed by atoms with Gasteiger partial charge >= 0.3 is 6.03 Å². The number of hydrogen-bond donors (Lipinski definition) is 2. The van der Waals surface area contributed by atoms with E-state index in [0.717, 1.165) is 5.75 Å². The minimum absolute atomic E-state index is 0.0518. The lowest BCUT2D eigenvalue weighted by molar-refractivity contribution is 0.156. The van der Waals surface area contributed by atoms with Gasteiger partial charge in [-0.2, -0.15) is 0 Å². The maximum absolute atomic E-state index is 11.6. The van der Waals surface area contributed by atoms with Crippen molar-refractivity contribution in [2.45, 2.75) is 19.9 Å². The third-order valence-electron chi connectivity index (χ3n) is 2.91. The number of likely N-dealkylation sites (N-methyl/N-ethyl adjacent to an activating group) is 1. The van der Waals surface area contributed by atoms with Crippen LogP contribution in [0.25, 0.3) is 0 Å². The summed E-state index contributed by atoms with van der Waals surface area (Å²) in [7, 11) is 1.65. The molecule has 0 aliphatic rings. The van der Waals surface area contributed by atoms with Crippen LogP contribution in [0.5, 0.6) is 5.75 Å². The molecule has 1 aromatic rings. The van der Waals surface area contributed by atoms with Gasteiger partial charge in [0.25, 0.3) is 0 Å². The largest absolute Gasteiger partial charge is 0.492 e. The second kappa shape index (κ2) is 7.63. The molecule has 5 nitrogen and oxygen atoms in total. The number of rotatable bonds is 6. The number of amides is 2. The summed E-state index contributed by atoms with van der Waals surface area (Å²) in [4.78, 5) is 13.1. The van der Waals surface area contributed by atoms with Gasteiger partial charge in [-0.25, -0.2) is 4.79 Å². The van der Waals surface area contributed by atoms with Gasteiger partial charge in [-0.1, -0.05) is 17.7 Å². The van der Waals surface area contributed by atoms with E-state index in [1.807, 2.05) is 31.2 Å². The van der Waals surface area contributed by atoms with Crippen molar-refractivity contribution in [1.82, 2.24) is 10.2 Å². The van der Waals surface area contributed by atoms with E-state index in [-0.39, 0.29) is 18.7 Å². The Morgan fingerprint density at radius 3 is 2.63 bits per heavy atom. The number of hydrogen-bond acceptors (Lipinski definition) is 3. The maximum Gasteiger partial charge on any atom is 0.317 e. The third-order valence-corrected chi connectivity index (χ3v) is 2.91. The van der Waals surface area contributed by atoms with Crippen molar-refractivity contribution in [1.29, 1.82) is 0 Å². The summed E-state index contributed by atoms with van der Waals surface area (Å²) >= 11 is 0. The van der Waals surface area contributed by atoms with Gasteiger partial charge in [0.2, 0.25) is 0 Å². The Kier molecular flexibility index (Phi) is 6.15. The van der Waals surface area contributed by atoms with E-state index in [4.69, 9.17) is 9.84 Å². The van der Waals surface area contributed by atoms with E-state index in [1.54, 1.807) is 14.0 Å². The zero-order valence-corrected chi connectivity index (χ0v) is 11.7. The maximum atomic E-state index is 11.6. The van der Waals surface area contributed by atoms with Crippen molar-refractivity contribution in [2.24, 2.45) is 0 Å². The predicted octanol–water partition coefficient (Wildman–Crippen LogP) is 1.40. The molecule has 5 heteroatoms. The highest BCUT2D eigenvalue weighted by Crippen LogP contribution is 2.10. The minimum atomic E-state index is -0.214. The molecule has 0 aliphatic carbocycles. The van der Waals surface area contributed by atoms with Crippen LogP contribution in [0.1, 0.15) is 12.5 Å². The highest BCUT2D eigenvalue weighted by molar-refractivity contribution is 5.74. The van der Waals surface area contributed by atoms with E-state index in [2.05, 4.69) is 5.32 Å². The lowest BCUT2D eigenvalue weighted by Gasteiger charge is -2.23. The molecule has 2 N–H and O–H groups in total. The SMILES string of the molecule is Cc1ccc(OCCNC(=O)N(C)C(C)CO)cc1. The molecule has 0 fully saturated rings. The predicted molar refractivity (Wildman–Crippen MR) is 74.4 cm³/mol. The summed E-state index contributed by atoms with van der Waals surface area (Å²) in [6.07, 6.45) is 0. The van der Waals surface area contributed by atoms with Gasteiger partial charge in [-0.05, 0) is 26.0 Å². The van der Waals surface area contributed by atoms with Crippen molar-refractivity contribution >= 4 is 6.03 Å². The fourth-order valence-electron chi connectivity index (χ4n) is 1.41. The van der Waals surface area contributed by atoms with Gasteiger partial charge < -0.3 is 20.1 Å². The summed E-state index contributed by atoms with van der Waals surface area (Å²) in [5, 5.41) is 11.7. The number of carbonyl (C=O) groups excluding carboxylic acids is 1. The third kappa shape index (κ3) is 5.18. The van der Waals surface area contributed by atoms with Crippen LogP contribution in [0, 0.1) is 6.92 Å². The lowest BCUT2D eigenvalue weighted by atomic mass is 10.2. The molecule has 0 heterocycles. The smallest absolute Gasteiger partial charge is 0.317 e. The number of aryl methyl sites for hydroxylation is 1. The molecule has 1 rings (SSSR count). The number of carbonyl (C=O) groups is 1. The fraction of sp³-hybridized carbons (Fsp3) is 0.500. The van der Waals surface area contributed by atoms with Gasteiger partial charge in [-0.15, -0.1) is 0 Å². The first-order valence-corrected chi connectivity index (χ1v) is 6.35. The van der Waals surface area contributed by atoms with Crippen LogP contribution < -0.4 is 10.1 Å². The molecule has 0 spiro atoms. The molecule has 0 radical (unpaired) electrons. The Morgan fingerprint density at radius 1 is 1.42 bits per heavy atom. The average molecular weight is 266 g/mol. The quantitative estimate of drug-likeness (QED) is 0.765. The first-order valence-electron chi connectivity index (χ1n) is 6.35. The van der Waals surface area contributed by atoms with Gasteiger partial charge in [-0.3, -0.25) is 0 Å². The molecule has 1 aromatic carbocycles. The molecule has 1 atom stereocenters. The summed E-state index contributed by atoms with van der Waals surface area (Å²) in [6, 6.07) is 7.34. The first-order chi connectivity index (χ1) is 9.04. The van der Waals surface area contributed by atoms with Crippen LogP contribution >= 0.6 is 0 Å². The number of aliphatic hydroxyl groups excluding tert-OH is 1. The van der Waals surface area contributed by atoms with Crippen LogP contribution in [0.3, 0.4) is 0 Å². The van der Waals surface area contributed by atoms with E-state index < -0.39 is 0 Å². The molecular weight excluding hydrogens is 244 g/mol. The number of ether oxygens (including phenoxy) is 1. The fourth-order valence-corrected chi connectivity index (χ4v) is 1.41. The van der Waals surface area contributed by atoms with Crippen LogP contribution in [-0.2, 0) is 0 Å². The Balaban J connectivity index is 2.23. The molecule has 0 saturated heterocycles. The van der Waals surface area contributed by atoms with Crippen LogP contribution in [-0.4, -0.2) is 48.9 Å². The average Bonchev–Trinajstić information content (AvgIpc) is 2.43. The Hall–Kier alpha value is -1.75. The number of benzene rings is 1. The topological polar surface area (TPSA) is 61.8 Å². The number of nitrogens with one attached hydrogen (secondary N) is 1.